The van der Waals surface area contributed by atoms with Gasteiger partial charge in [0.2, 0.25) is 0 Å². The van der Waals surface area contributed by atoms with E-state index in [1.807, 2.05) is 36.5 Å². The minimum Gasteiger partial charge on any atom is -0.361 e. The molecule has 0 amide bonds. The Balaban J connectivity index is 1.39. The fraction of sp³-hybridized carbons (Fsp3) is 0.346. The molecule has 3 aromatic heterocycles. The normalized spacial score (nSPS) is 15.2. The molecule has 0 aliphatic carbocycles. The first kappa shape index (κ1) is 21.4. The second-order valence-electron chi connectivity index (χ2n) is 9.48. The average molecular weight is 442 g/mol. The maximum Gasteiger partial charge on any atom is 0.128 e. The number of hydrogen-bond donors (Lipinski definition) is 1. The highest BCUT2D eigenvalue weighted by atomic mass is 15.3. The number of piperazine rings is 1. The van der Waals surface area contributed by atoms with Gasteiger partial charge in [-0.2, -0.15) is 5.10 Å². The molecule has 0 atom stereocenters. The van der Waals surface area contributed by atoms with Crippen LogP contribution in [0.4, 0.5) is 11.6 Å². The molecule has 0 saturated carbocycles. The Bertz CT molecular complexity index is 1270. The van der Waals surface area contributed by atoms with Crippen LogP contribution in [0.15, 0.2) is 61.2 Å². The molecule has 1 N–H and O–H groups in total. The molecule has 170 valence electrons. The SMILES string of the molecule is CN1CCN(c2cc(C(C)(C)Nc3cc4cc(-c5cnn(C)c5)ccc4cn3)ccn2)CC1. The first-order valence-electron chi connectivity index (χ1n) is 11.4. The molecule has 33 heavy (non-hydrogen) atoms. The zero-order valence-electron chi connectivity index (χ0n) is 19.8. The maximum atomic E-state index is 4.69. The molecule has 1 aliphatic rings. The highest BCUT2D eigenvalue weighted by Gasteiger charge is 2.23. The van der Waals surface area contributed by atoms with Crippen LogP contribution in [0.3, 0.4) is 0 Å². The Morgan fingerprint density at radius 3 is 2.42 bits per heavy atom. The molecule has 0 bridgehead atoms. The van der Waals surface area contributed by atoms with Gasteiger partial charge in [0.15, 0.2) is 0 Å². The fourth-order valence-electron chi connectivity index (χ4n) is 4.37. The minimum atomic E-state index is -0.300. The maximum absolute atomic E-state index is 4.69. The highest BCUT2D eigenvalue weighted by Crippen LogP contribution is 2.30. The smallest absolute Gasteiger partial charge is 0.128 e. The van der Waals surface area contributed by atoms with E-state index in [4.69, 9.17) is 0 Å². The van der Waals surface area contributed by atoms with Crippen molar-refractivity contribution in [2.24, 2.45) is 7.05 Å². The van der Waals surface area contributed by atoms with Crippen molar-refractivity contribution < 1.29 is 0 Å². The third-order valence-corrected chi connectivity index (χ3v) is 6.49. The Morgan fingerprint density at radius 2 is 1.67 bits per heavy atom. The molecule has 7 nitrogen and oxygen atoms in total. The quantitative estimate of drug-likeness (QED) is 0.503. The minimum absolute atomic E-state index is 0.300. The second-order valence-corrected chi connectivity index (χ2v) is 9.48. The van der Waals surface area contributed by atoms with E-state index >= 15 is 0 Å². The van der Waals surface area contributed by atoms with E-state index in [-0.39, 0.29) is 5.54 Å². The van der Waals surface area contributed by atoms with Crippen LogP contribution >= 0.6 is 0 Å². The van der Waals surface area contributed by atoms with Crippen molar-refractivity contribution in [2.45, 2.75) is 19.4 Å². The number of nitrogens with zero attached hydrogens (tertiary/aromatic N) is 6. The van der Waals surface area contributed by atoms with Crippen LogP contribution in [0, 0.1) is 0 Å². The molecule has 1 fully saturated rings. The summed E-state index contributed by atoms with van der Waals surface area (Å²) in [4.78, 5) is 14.1. The Kier molecular flexibility index (Phi) is 5.50. The van der Waals surface area contributed by atoms with Gasteiger partial charge >= 0.3 is 0 Å². The van der Waals surface area contributed by atoms with Crippen molar-refractivity contribution >= 4 is 22.4 Å². The van der Waals surface area contributed by atoms with E-state index in [2.05, 4.69) is 87.5 Å². The van der Waals surface area contributed by atoms with Crippen molar-refractivity contribution in [3.8, 4) is 11.1 Å². The van der Waals surface area contributed by atoms with E-state index in [1.54, 1.807) is 0 Å². The van der Waals surface area contributed by atoms with Crippen LogP contribution in [-0.4, -0.2) is 57.9 Å². The summed E-state index contributed by atoms with van der Waals surface area (Å²) >= 11 is 0. The largest absolute Gasteiger partial charge is 0.361 e. The van der Waals surface area contributed by atoms with Crippen LogP contribution in [0.2, 0.25) is 0 Å². The molecule has 1 aromatic carbocycles. The molecule has 0 unspecified atom stereocenters. The molecule has 4 heterocycles. The first-order valence-corrected chi connectivity index (χ1v) is 11.4. The lowest BCUT2D eigenvalue weighted by molar-refractivity contribution is 0.312. The lowest BCUT2D eigenvalue weighted by atomic mass is 9.94. The summed E-state index contributed by atoms with van der Waals surface area (Å²) in [6.45, 7) is 8.52. The number of rotatable bonds is 5. The van der Waals surface area contributed by atoms with Crippen LogP contribution in [-0.2, 0) is 12.6 Å². The Labute approximate surface area is 195 Å². The number of pyridine rings is 2. The summed E-state index contributed by atoms with van der Waals surface area (Å²) in [5.41, 5.74) is 3.15. The molecule has 1 saturated heterocycles. The van der Waals surface area contributed by atoms with Crippen LogP contribution in [0.1, 0.15) is 19.4 Å². The van der Waals surface area contributed by atoms with Crippen LogP contribution in [0.25, 0.3) is 21.9 Å². The van der Waals surface area contributed by atoms with E-state index in [0.717, 1.165) is 59.7 Å². The zero-order valence-corrected chi connectivity index (χ0v) is 19.8. The van der Waals surface area contributed by atoms with Crippen molar-refractivity contribution in [3.63, 3.8) is 0 Å². The average Bonchev–Trinajstić information content (AvgIpc) is 3.25. The molecular formula is C26H31N7. The van der Waals surface area contributed by atoms with E-state index in [1.165, 1.54) is 5.56 Å². The molecule has 0 radical (unpaired) electrons. The lowest BCUT2D eigenvalue weighted by Gasteiger charge is -2.34. The summed E-state index contributed by atoms with van der Waals surface area (Å²) in [5.74, 6) is 1.90. The monoisotopic (exact) mass is 441 g/mol. The molecule has 5 rings (SSSR count). The Hall–Kier alpha value is -3.45. The molecular weight excluding hydrogens is 410 g/mol. The summed E-state index contributed by atoms with van der Waals surface area (Å²) in [6.07, 6.45) is 7.78. The number of nitrogens with one attached hydrogen (secondary N) is 1. The molecule has 4 aromatic rings. The molecule has 7 heteroatoms. The number of benzene rings is 1. The van der Waals surface area contributed by atoms with Gasteiger partial charge in [0.05, 0.1) is 11.7 Å². The number of aromatic nitrogens is 4. The number of anilines is 2. The van der Waals surface area contributed by atoms with Gasteiger partial charge in [-0.1, -0.05) is 12.1 Å². The van der Waals surface area contributed by atoms with Gasteiger partial charge in [0.25, 0.3) is 0 Å². The van der Waals surface area contributed by atoms with Crippen molar-refractivity contribution in [2.75, 3.05) is 43.4 Å². The van der Waals surface area contributed by atoms with Gasteiger partial charge < -0.3 is 15.1 Å². The third kappa shape index (κ3) is 4.54. The fourth-order valence-corrected chi connectivity index (χ4v) is 4.37. The summed E-state index contributed by atoms with van der Waals surface area (Å²) < 4.78 is 1.83. The predicted molar refractivity (Wildman–Crippen MR) is 135 cm³/mol. The van der Waals surface area contributed by atoms with Gasteiger partial charge in [0, 0.05) is 62.8 Å². The topological polar surface area (TPSA) is 62.1 Å². The number of fused-ring (bicyclic) bond motifs is 1. The summed E-state index contributed by atoms with van der Waals surface area (Å²) in [5, 5.41) is 10.2. The van der Waals surface area contributed by atoms with Crippen LogP contribution in [0.5, 0.6) is 0 Å². The lowest BCUT2D eigenvalue weighted by Crippen LogP contribution is -2.45. The second kappa shape index (κ2) is 8.48. The van der Waals surface area contributed by atoms with Crippen molar-refractivity contribution in [1.82, 2.24) is 24.6 Å². The van der Waals surface area contributed by atoms with E-state index in [0.29, 0.717) is 0 Å². The predicted octanol–water partition coefficient (Wildman–Crippen LogP) is 4.13. The molecule has 1 aliphatic heterocycles. The number of hydrogen-bond acceptors (Lipinski definition) is 6. The van der Waals surface area contributed by atoms with Crippen molar-refractivity contribution in [1.29, 1.82) is 0 Å². The summed E-state index contributed by atoms with van der Waals surface area (Å²) in [7, 11) is 4.11. The van der Waals surface area contributed by atoms with E-state index in [9.17, 15) is 0 Å². The van der Waals surface area contributed by atoms with Gasteiger partial charge in [0.1, 0.15) is 11.6 Å². The standard InChI is InChI=1S/C26H31N7/c1-26(2,23-7-8-27-25(15-23)33-11-9-31(3)10-12-33)30-24-14-21-13-19(5-6-20(21)16-28-24)22-17-29-32(4)18-22/h5-8,13-18H,9-12H2,1-4H3,(H,28,30). The van der Waals surface area contributed by atoms with Gasteiger partial charge in [-0.05, 0) is 61.7 Å². The third-order valence-electron chi connectivity index (χ3n) is 6.49. The van der Waals surface area contributed by atoms with Gasteiger partial charge in [-0.3, -0.25) is 4.68 Å². The Morgan fingerprint density at radius 1 is 0.848 bits per heavy atom. The summed E-state index contributed by atoms with van der Waals surface area (Å²) in [6, 6.07) is 12.9. The first-order chi connectivity index (χ1) is 15.9. The van der Waals surface area contributed by atoms with Crippen molar-refractivity contribution in [3.05, 3.63) is 66.7 Å². The van der Waals surface area contributed by atoms with Crippen LogP contribution < -0.4 is 10.2 Å². The number of likely N-dealkylation sites (N-methyl/N-ethyl adjacent to an activating group) is 1. The number of aryl methyl sites for hydroxylation is 1. The zero-order chi connectivity index (χ0) is 23.0. The van der Waals surface area contributed by atoms with Gasteiger partial charge in [-0.15, -0.1) is 0 Å². The molecule has 0 spiro atoms. The van der Waals surface area contributed by atoms with E-state index < -0.39 is 0 Å². The highest BCUT2D eigenvalue weighted by molar-refractivity contribution is 5.88. The van der Waals surface area contributed by atoms with Gasteiger partial charge in [-0.25, -0.2) is 9.97 Å².